The minimum Gasteiger partial charge on any atom is -0.494 e. The molecule has 2 aromatic rings. The smallest absolute Gasteiger partial charge is 0.119 e. The maximum Gasteiger partial charge on any atom is 0.119 e. The number of aromatic nitrogens is 1. The molecule has 2 rings (SSSR count). The molecular weight excluding hydrogens is 226 g/mol. The molecule has 1 unspecified atom stereocenters. The van der Waals surface area contributed by atoms with E-state index in [1.54, 1.807) is 12.4 Å². The van der Waals surface area contributed by atoms with Crippen LogP contribution in [0.25, 0.3) is 0 Å². The summed E-state index contributed by atoms with van der Waals surface area (Å²) in [6, 6.07) is 11.2. The lowest BCUT2D eigenvalue weighted by atomic mass is 10.0. The van der Waals surface area contributed by atoms with E-state index >= 15 is 0 Å². The van der Waals surface area contributed by atoms with Gasteiger partial charge in [0.2, 0.25) is 0 Å². The van der Waals surface area contributed by atoms with Gasteiger partial charge in [-0.3, -0.25) is 4.98 Å². The predicted molar refractivity (Wildman–Crippen MR) is 70.5 cm³/mol. The largest absolute Gasteiger partial charge is 0.494 e. The minimum atomic E-state index is -0.617. The summed E-state index contributed by atoms with van der Waals surface area (Å²) < 4.78 is 5.50. The molecule has 94 valence electrons. The molecule has 1 aromatic heterocycles. The SMILES string of the molecule is CCCOc1ccc(C(O)c2ccncc2)cc1. The first-order valence-electron chi connectivity index (χ1n) is 6.12. The van der Waals surface area contributed by atoms with Gasteiger partial charge >= 0.3 is 0 Å². The van der Waals surface area contributed by atoms with Crippen molar-refractivity contribution in [2.45, 2.75) is 19.4 Å². The van der Waals surface area contributed by atoms with Gasteiger partial charge in [0.25, 0.3) is 0 Å². The summed E-state index contributed by atoms with van der Waals surface area (Å²) in [5, 5.41) is 10.2. The topological polar surface area (TPSA) is 42.4 Å². The van der Waals surface area contributed by atoms with E-state index in [1.807, 2.05) is 36.4 Å². The summed E-state index contributed by atoms with van der Waals surface area (Å²) in [6.07, 6.45) is 3.73. The molecule has 0 saturated heterocycles. The van der Waals surface area contributed by atoms with Crippen molar-refractivity contribution in [3.63, 3.8) is 0 Å². The number of hydrogen-bond acceptors (Lipinski definition) is 3. The van der Waals surface area contributed by atoms with Crippen molar-refractivity contribution in [3.05, 3.63) is 59.9 Å². The zero-order chi connectivity index (χ0) is 12.8. The summed E-state index contributed by atoms with van der Waals surface area (Å²) in [4.78, 5) is 3.94. The van der Waals surface area contributed by atoms with Gasteiger partial charge in [-0.1, -0.05) is 19.1 Å². The number of rotatable bonds is 5. The molecule has 0 saturated carbocycles. The molecular formula is C15H17NO2. The Hall–Kier alpha value is -1.87. The van der Waals surface area contributed by atoms with Gasteiger partial charge in [0.1, 0.15) is 11.9 Å². The van der Waals surface area contributed by atoms with Gasteiger partial charge in [-0.2, -0.15) is 0 Å². The Morgan fingerprint density at radius 2 is 1.67 bits per heavy atom. The molecule has 1 atom stereocenters. The Morgan fingerprint density at radius 1 is 1.06 bits per heavy atom. The first kappa shape index (κ1) is 12.6. The zero-order valence-corrected chi connectivity index (χ0v) is 10.4. The van der Waals surface area contributed by atoms with E-state index in [2.05, 4.69) is 11.9 Å². The van der Waals surface area contributed by atoms with E-state index in [0.29, 0.717) is 6.61 Å². The summed E-state index contributed by atoms with van der Waals surface area (Å²) >= 11 is 0. The predicted octanol–water partition coefficient (Wildman–Crippen LogP) is 2.95. The van der Waals surface area contributed by atoms with Crippen molar-refractivity contribution < 1.29 is 9.84 Å². The molecule has 3 heteroatoms. The summed E-state index contributed by atoms with van der Waals surface area (Å²) in [5.41, 5.74) is 1.69. The van der Waals surface area contributed by atoms with Gasteiger partial charge in [-0.05, 0) is 41.8 Å². The maximum absolute atomic E-state index is 10.2. The molecule has 0 spiro atoms. The summed E-state index contributed by atoms with van der Waals surface area (Å²) in [7, 11) is 0. The van der Waals surface area contributed by atoms with E-state index < -0.39 is 6.10 Å². The van der Waals surface area contributed by atoms with E-state index in [0.717, 1.165) is 23.3 Å². The van der Waals surface area contributed by atoms with Crippen LogP contribution in [0.1, 0.15) is 30.6 Å². The van der Waals surface area contributed by atoms with Gasteiger partial charge in [0.05, 0.1) is 6.61 Å². The lowest BCUT2D eigenvalue weighted by Crippen LogP contribution is -2.00. The van der Waals surface area contributed by atoms with Gasteiger partial charge in [0.15, 0.2) is 0 Å². The van der Waals surface area contributed by atoms with E-state index in [4.69, 9.17) is 4.74 Å². The molecule has 0 radical (unpaired) electrons. The molecule has 3 nitrogen and oxygen atoms in total. The van der Waals surface area contributed by atoms with Crippen molar-refractivity contribution in [2.75, 3.05) is 6.61 Å². The highest BCUT2D eigenvalue weighted by Crippen LogP contribution is 2.23. The zero-order valence-electron chi connectivity index (χ0n) is 10.4. The second-order valence-electron chi connectivity index (χ2n) is 4.10. The molecule has 0 amide bonds. The molecule has 0 aliphatic heterocycles. The molecule has 0 aliphatic carbocycles. The monoisotopic (exact) mass is 243 g/mol. The molecule has 1 aromatic carbocycles. The normalized spacial score (nSPS) is 12.1. The standard InChI is InChI=1S/C15H17NO2/c1-2-11-18-14-5-3-12(4-6-14)15(17)13-7-9-16-10-8-13/h3-10,15,17H,2,11H2,1H3. The third-order valence-electron chi connectivity index (χ3n) is 2.69. The number of aliphatic hydroxyl groups is 1. The fraction of sp³-hybridized carbons (Fsp3) is 0.267. The average Bonchev–Trinajstić information content (AvgIpc) is 2.46. The number of pyridine rings is 1. The van der Waals surface area contributed by atoms with E-state index in [1.165, 1.54) is 0 Å². The lowest BCUT2D eigenvalue weighted by molar-refractivity contribution is 0.220. The van der Waals surface area contributed by atoms with Gasteiger partial charge in [-0.15, -0.1) is 0 Å². The van der Waals surface area contributed by atoms with Crippen molar-refractivity contribution >= 4 is 0 Å². The van der Waals surface area contributed by atoms with Crippen molar-refractivity contribution in [1.29, 1.82) is 0 Å². The Kier molecular flexibility index (Phi) is 4.31. The molecule has 1 N–H and O–H groups in total. The first-order chi connectivity index (χ1) is 8.81. The van der Waals surface area contributed by atoms with Crippen LogP contribution in [-0.2, 0) is 0 Å². The second kappa shape index (κ2) is 6.17. The van der Waals surface area contributed by atoms with Crippen LogP contribution < -0.4 is 4.74 Å². The van der Waals surface area contributed by atoms with Crippen LogP contribution >= 0.6 is 0 Å². The third kappa shape index (κ3) is 3.08. The third-order valence-corrected chi connectivity index (χ3v) is 2.69. The Labute approximate surface area is 107 Å². The van der Waals surface area contributed by atoms with Crippen molar-refractivity contribution in [2.24, 2.45) is 0 Å². The highest BCUT2D eigenvalue weighted by Gasteiger charge is 2.09. The number of nitrogens with zero attached hydrogens (tertiary/aromatic N) is 1. The van der Waals surface area contributed by atoms with Gasteiger partial charge in [0, 0.05) is 12.4 Å². The first-order valence-corrected chi connectivity index (χ1v) is 6.12. The van der Waals surface area contributed by atoms with Gasteiger partial charge in [-0.25, -0.2) is 0 Å². The number of ether oxygens (including phenoxy) is 1. The Bertz CT molecular complexity index is 468. The van der Waals surface area contributed by atoms with E-state index in [9.17, 15) is 5.11 Å². The lowest BCUT2D eigenvalue weighted by Gasteiger charge is -2.12. The van der Waals surface area contributed by atoms with Crippen LogP contribution in [-0.4, -0.2) is 16.7 Å². The van der Waals surface area contributed by atoms with Gasteiger partial charge < -0.3 is 9.84 Å². The van der Waals surface area contributed by atoms with Crippen LogP contribution in [0.4, 0.5) is 0 Å². The Morgan fingerprint density at radius 3 is 2.28 bits per heavy atom. The van der Waals surface area contributed by atoms with Crippen LogP contribution in [0.5, 0.6) is 5.75 Å². The molecule has 0 fully saturated rings. The number of benzene rings is 1. The molecule has 18 heavy (non-hydrogen) atoms. The highest BCUT2D eigenvalue weighted by atomic mass is 16.5. The van der Waals surface area contributed by atoms with Crippen LogP contribution in [0.2, 0.25) is 0 Å². The second-order valence-corrected chi connectivity index (χ2v) is 4.10. The van der Waals surface area contributed by atoms with Crippen LogP contribution in [0, 0.1) is 0 Å². The van der Waals surface area contributed by atoms with Crippen molar-refractivity contribution in [3.8, 4) is 5.75 Å². The maximum atomic E-state index is 10.2. The highest BCUT2D eigenvalue weighted by molar-refractivity contribution is 5.33. The fourth-order valence-electron chi connectivity index (χ4n) is 1.70. The van der Waals surface area contributed by atoms with E-state index in [-0.39, 0.29) is 0 Å². The molecule has 0 aliphatic rings. The molecule has 1 heterocycles. The van der Waals surface area contributed by atoms with Crippen LogP contribution in [0.3, 0.4) is 0 Å². The van der Waals surface area contributed by atoms with Crippen LogP contribution in [0.15, 0.2) is 48.8 Å². The Balaban J connectivity index is 2.09. The molecule has 0 bridgehead atoms. The van der Waals surface area contributed by atoms with Crippen molar-refractivity contribution in [1.82, 2.24) is 4.98 Å². The number of hydrogen-bond donors (Lipinski definition) is 1. The number of aliphatic hydroxyl groups excluding tert-OH is 1. The average molecular weight is 243 g/mol. The summed E-state index contributed by atoms with van der Waals surface area (Å²) in [6.45, 7) is 2.79. The minimum absolute atomic E-state index is 0.617. The fourth-order valence-corrected chi connectivity index (χ4v) is 1.70. The summed E-state index contributed by atoms with van der Waals surface area (Å²) in [5.74, 6) is 0.836. The quantitative estimate of drug-likeness (QED) is 0.878.